The van der Waals surface area contributed by atoms with Gasteiger partial charge in [-0.2, -0.15) is 0 Å². The molecule has 2 N–H and O–H groups in total. The SMILES string of the molecule is CC(O)Nc1noc2ccccc12. The number of fused-ring (bicyclic) bond motifs is 1. The minimum atomic E-state index is -0.631. The number of hydrogen-bond donors (Lipinski definition) is 2. The summed E-state index contributed by atoms with van der Waals surface area (Å²) in [5.41, 5.74) is 0.714. The first-order valence-corrected chi connectivity index (χ1v) is 4.06. The molecule has 1 aromatic carbocycles. The van der Waals surface area contributed by atoms with Crippen LogP contribution in [0.4, 0.5) is 5.82 Å². The summed E-state index contributed by atoms with van der Waals surface area (Å²) in [7, 11) is 0. The quantitative estimate of drug-likeness (QED) is 0.685. The zero-order valence-electron chi connectivity index (χ0n) is 7.19. The molecule has 1 heterocycles. The zero-order valence-corrected chi connectivity index (χ0v) is 7.19. The molecular formula is C9H10N2O2. The fourth-order valence-electron chi connectivity index (χ4n) is 1.19. The van der Waals surface area contributed by atoms with E-state index in [1.807, 2.05) is 24.3 Å². The zero-order chi connectivity index (χ0) is 9.26. The van der Waals surface area contributed by atoms with Gasteiger partial charge in [-0.3, -0.25) is 0 Å². The van der Waals surface area contributed by atoms with Gasteiger partial charge in [-0.25, -0.2) is 0 Å². The van der Waals surface area contributed by atoms with Gasteiger partial charge in [-0.05, 0) is 19.1 Å². The number of aliphatic hydroxyl groups is 1. The maximum Gasteiger partial charge on any atom is 0.179 e. The summed E-state index contributed by atoms with van der Waals surface area (Å²) in [4.78, 5) is 0. The molecule has 0 saturated carbocycles. The molecule has 0 radical (unpaired) electrons. The van der Waals surface area contributed by atoms with E-state index in [0.717, 1.165) is 5.39 Å². The fourth-order valence-corrected chi connectivity index (χ4v) is 1.19. The predicted octanol–water partition coefficient (Wildman–Crippen LogP) is 1.58. The van der Waals surface area contributed by atoms with Crippen molar-refractivity contribution in [2.24, 2.45) is 0 Å². The van der Waals surface area contributed by atoms with Crippen LogP contribution in [-0.2, 0) is 0 Å². The van der Waals surface area contributed by atoms with Crippen LogP contribution in [0.15, 0.2) is 28.8 Å². The van der Waals surface area contributed by atoms with Crippen LogP contribution in [-0.4, -0.2) is 16.5 Å². The monoisotopic (exact) mass is 178 g/mol. The van der Waals surface area contributed by atoms with Gasteiger partial charge < -0.3 is 14.9 Å². The van der Waals surface area contributed by atoms with E-state index in [0.29, 0.717) is 11.4 Å². The maximum absolute atomic E-state index is 9.09. The average Bonchev–Trinajstić information content (AvgIpc) is 2.48. The Balaban J connectivity index is 2.46. The molecule has 0 bridgehead atoms. The van der Waals surface area contributed by atoms with Crippen molar-refractivity contribution in [3.8, 4) is 0 Å². The summed E-state index contributed by atoms with van der Waals surface area (Å²) in [5.74, 6) is 0.575. The van der Waals surface area contributed by atoms with Crippen molar-refractivity contribution in [1.82, 2.24) is 5.16 Å². The molecule has 0 fully saturated rings. The summed E-state index contributed by atoms with van der Waals surface area (Å²) in [6.07, 6.45) is -0.631. The number of anilines is 1. The largest absolute Gasteiger partial charge is 0.374 e. The topological polar surface area (TPSA) is 58.3 Å². The molecule has 0 amide bonds. The molecule has 1 atom stereocenters. The maximum atomic E-state index is 9.09. The molecule has 68 valence electrons. The van der Waals surface area contributed by atoms with Crippen LogP contribution in [0.1, 0.15) is 6.92 Å². The second-order valence-electron chi connectivity index (χ2n) is 2.85. The van der Waals surface area contributed by atoms with E-state index in [2.05, 4.69) is 10.5 Å². The summed E-state index contributed by atoms with van der Waals surface area (Å²) >= 11 is 0. The molecule has 0 aliphatic heterocycles. The third-order valence-corrected chi connectivity index (χ3v) is 1.72. The number of benzene rings is 1. The number of para-hydroxylation sites is 1. The van der Waals surface area contributed by atoms with Crippen LogP contribution in [0.5, 0.6) is 0 Å². The van der Waals surface area contributed by atoms with Crippen molar-refractivity contribution in [2.45, 2.75) is 13.2 Å². The molecule has 0 spiro atoms. The Morgan fingerprint density at radius 3 is 3.00 bits per heavy atom. The second-order valence-corrected chi connectivity index (χ2v) is 2.85. The summed E-state index contributed by atoms with van der Waals surface area (Å²) < 4.78 is 5.03. The van der Waals surface area contributed by atoms with Crippen molar-refractivity contribution in [1.29, 1.82) is 0 Å². The highest BCUT2D eigenvalue weighted by Crippen LogP contribution is 2.21. The van der Waals surface area contributed by atoms with Crippen molar-refractivity contribution in [2.75, 3.05) is 5.32 Å². The lowest BCUT2D eigenvalue weighted by Crippen LogP contribution is -2.13. The van der Waals surface area contributed by atoms with Gasteiger partial charge in [-0.15, -0.1) is 0 Å². The minimum Gasteiger partial charge on any atom is -0.374 e. The first kappa shape index (κ1) is 8.07. The summed E-state index contributed by atoms with van der Waals surface area (Å²) in [5, 5.41) is 16.5. The van der Waals surface area contributed by atoms with Gasteiger partial charge in [-0.1, -0.05) is 17.3 Å². The van der Waals surface area contributed by atoms with Crippen LogP contribution < -0.4 is 5.32 Å². The van der Waals surface area contributed by atoms with Gasteiger partial charge in [0.2, 0.25) is 0 Å². The number of nitrogens with zero attached hydrogens (tertiary/aromatic N) is 1. The molecule has 0 aliphatic rings. The van der Waals surface area contributed by atoms with E-state index >= 15 is 0 Å². The lowest BCUT2D eigenvalue weighted by molar-refractivity contribution is 0.223. The number of rotatable bonds is 2. The number of hydrogen-bond acceptors (Lipinski definition) is 4. The lowest BCUT2D eigenvalue weighted by Gasteiger charge is -2.03. The smallest absolute Gasteiger partial charge is 0.179 e. The molecule has 1 aromatic heterocycles. The third kappa shape index (κ3) is 1.48. The van der Waals surface area contributed by atoms with Crippen LogP contribution in [0, 0.1) is 0 Å². The molecule has 1 unspecified atom stereocenters. The molecule has 2 aromatic rings. The highest BCUT2D eigenvalue weighted by atomic mass is 16.5. The van der Waals surface area contributed by atoms with Gasteiger partial charge in [0.05, 0.1) is 5.39 Å². The van der Waals surface area contributed by atoms with Crippen LogP contribution in [0.2, 0.25) is 0 Å². The summed E-state index contributed by atoms with van der Waals surface area (Å²) in [6.45, 7) is 1.63. The van der Waals surface area contributed by atoms with Crippen molar-refractivity contribution >= 4 is 16.8 Å². The normalized spacial score (nSPS) is 13.1. The second kappa shape index (κ2) is 3.06. The van der Waals surface area contributed by atoms with Crippen molar-refractivity contribution in [3.05, 3.63) is 24.3 Å². The Bertz CT molecular complexity index is 409. The van der Waals surface area contributed by atoms with Gasteiger partial charge in [0, 0.05) is 0 Å². The van der Waals surface area contributed by atoms with Gasteiger partial charge in [0.15, 0.2) is 11.4 Å². The first-order chi connectivity index (χ1) is 6.27. The molecule has 4 heteroatoms. The Hall–Kier alpha value is -1.55. The molecule has 13 heavy (non-hydrogen) atoms. The molecule has 2 rings (SSSR count). The Morgan fingerprint density at radius 1 is 1.46 bits per heavy atom. The van der Waals surface area contributed by atoms with Crippen LogP contribution in [0.3, 0.4) is 0 Å². The standard InChI is InChI=1S/C9H10N2O2/c1-6(12)10-9-7-4-2-3-5-8(7)13-11-9/h2-6,12H,1H3,(H,10,11). The van der Waals surface area contributed by atoms with Gasteiger partial charge in [0.25, 0.3) is 0 Å². The highest BCUT2D eigenvalue weighted by molar-refractivity contribution is 5.87. The minimum absolute atomic E-state index is 0.575. The van der Waals surface area contributed by atoms with Crippen LogP contribution >= 0.6 is 0 Å². The van der Waals surface area contributed by atoms with Crippen molar-refractivity contribution in [3.63, 3.8) is 0 Å². The Labute approximate surface area is 75.2 Å². The lowest BCUT2D eigenvalue weighted by atomic mass is 10.2. The van der Waals surface area contributed by atoms with Crippen LogP contribution in [0.25, 0.3) is 11.0 Å². The molecule has 4 nitrogen and oxygen atoms in total. The average molecular weight is 178 g/mol. The number of nitrogens with one attached hydrogen (secondary N) is 1. The van der Waals surface area contributed by atoms with E-state index < -0.39 is 6.23 Å². The van der Waals surface area contributed by atoms with E-state index in [9.17, 15) is 0 Å². The fraction of sp³-hybridized carbons (Fsp3) is 0.222. The summed E-state index contributed by atoms with van der Waals surface area (Å²) in [6, 6.07) is 7.48. The molecule has 0 aliphatic carbocycles. The van der Waals surface area contributed by atoms with Crippen molar-refractivity contribution < 1.29 is 9.63 Å². The van der Waals surface area contributed by atoms with E-state index in [1.54, 1.807) is 6.92 Å². The van der Waals surface area contributed by atoms with Gasteiger partial charge in [0.1, 0.15) is 6.23 Å². The van der Waals surface area contributed by atoms with Gasteiger partial charge >= 0.3 is 0 Å². The molecule has 0 saturated heterocycles. The number of aromatic nitrogens is 1. The highest BCUT2D eigenvalue weighted by Gasteiger charge is 2.07. The van der Waals surface area contributed by atoms with E-state index in [1.165, 1.54) is 0 Å². The van der Waals surface area contributed by atoms with E-state index in [-0.39, 0.29) is 0 Å². The third-order valence-electron chi connectivity index (χ3n) is 1.72. The first-order valence-electron chi connectivity index (χ1n) is 4.06. The Kier molecular flexibility index (Phi) is 1.90. The van der Waals surface area contributed by atoms with E-state index in [4.69, 9.17) is 9.63 Å². The Morgan fingerprint density at radius 2 is 2.23 bits per heavy atom. The molecular weight excluding hydrogens is 168 g/mol. The predicted molar refractivity (Wildman–Crippen MR) is 49.3 cm³/mol. The number of aliphatic hydroxyl groups excluding tert-OH is 1.